The second-order valence-electron chi connectivity index (χ2n) is 6.13. The second-order valence-corrected chi connectivity index (χ2v) is 6.13. The molecule has 1 heterocycles. The maximum atomic E-state index is 13.5. The number of halogens is 1. The third kappa shape index (κ3) is 3.70. The Kier molecular flexibility index (Phi) is 5.65. The fourth-order valence-electron chi connectivity index (χ4n) is 3.09. The lowest BCUT2D eigenvalue weighted by Gasteiger charge is -2.37. The van der Waals surface area contributed by atoms with Crippen molar-refractivity contribution in [2.75, 3.05) is 7.11 Å². The number of carbonyl (C=O) groups is 1. The van der Waals surface area contributed by atoms with Crippen molar-refractivity contribution < 1.29 is 23.8 Å². The fourth-order valence-corrected chi connectivity index (χ4v) is 3.09. The molecule has 28 heavy (non-hydrogen) atoms. The summed E-state index contributed by atoms with van der Waals surface area (Å²) in [7, 11) is 1.38. The van der Waals surface area contributed by atoms with Crippen LogP contribution in [0.2, 0.25) is 0 Å². The van der Waals surface area contributed by atoms with E-state index in [-0.39, 0.29) is 6.01 Å². The Hall–Kier alpha value is -3.32. The summed E-state index contributed by atoms with van der Waals surface area (Å²) in [5.74, 6) is -1.73. The van der Waals surface area contributed by atoms with Crippen LogP contribution < -0.4 is 4.74 Å². The molecule has 0 amide bonds. The van der Waals surface area contributed by atoms with E-state index in [1.807, 2.05) is 0 Å². The molecule has 1 aromatic heterocycles. The Morgan fingerprint density at radius 2 is 1.71 bits per heavy atom. The highest BCUT2D eigenvalue weighted by Gasteiger charge is 2.49. The van der Waals surface area contributed by atoms with Crippen LogP contribution in [0.5, 0.6) is 6.01 Å². The van der Waals surface area contributed by atoms with E-state index in [2.05, 4.69) is 9.97 Å². The molecule has 3 rings (SSSR count). The Morgan fingerprint density at radius 1 is 1.07 bits per heavy atom. The molecule has 0 saturated heterocycles. The zero-order valence-electron chi connectivity index (χ0n) is 15.4. The number of aromatic nitrogens is 2. The summed E-state index contributed by atoms with van der Waals surface area (Å²) in [6, 6.07) is 15.8. The number of carboxylic acid groups (broad SMARTS) is 1. The number of nitrogens with zero attached hydrogens (tertiary/aromatic N) is 2. The molecule has 2 atom stereocenters. The van der Waals surface area contributed by atoms with Gasteiger partial charge in [-0.1, -0.05) is 42.5 Å². The van der Waals surface area contributed by atoms with Gasteiger partial charge in [0, 0.05) is 19.0 Å². The van der Waals surface area contributed by atoms with E-state index in [0.717, 1.165) is 0 Å². The van der Waals surface area contributed by atoms with Crippen molar-refractivity contribution in [3.63, 3.8) is 0 Å². The molecule has 0 fully saturated rings. The first kappa shape index (κ1) is 19.4. The normalized spacial score (nSPS) is 14.1. The number of aryl methyl sites for hydroxylation is 1. The summed E-state index contributed by atoms with van der Waals surface area (Å²) >= 11 is 0. The number of methoxy groups -OCH3 is 1. The molecule has 0 aliphatic carbocycles. The van der Waals surface area contributed by atoms with Crippen LogP contribution in [0.3, 0.4) is 0 Å². The van der Waals surface area contributed by atoms with Crippen LogP contribution in [0, 0.1) is 12.7 Å². The predicted octanol–water partition coefficient (Wildman–Crippen LogP) is 3.35. The van der Waals surface area contributed by atoms with Crippen molar-refractivity contribution >= 4 is 5.97 Å². The van der Waals surface area contributed by atoms with Gasteiger partial charge in [-0.15, -0.1) is 0 Å². The molecular formula is C21H19FN2O4. The van der Waals surface area contributed by atoms with Gasteiger partial charge in [-0.3, -0.25) is 0 Å². The van der Waals surface area contributed by atoms with Crippen molar-refractivity contribution in [2.24, 2.45) is 0 Å². The second kappa shape index (κ2) is 8.14. The molecular weight excluding hydrogens is 363 g/mol. The first-order valence-electron chi connectivity index (χ1n) is 8.53. The summed E-state index contributed by atoms with van der Waals surface area (Å²) in [5, 5.41) is 10.0. The lowest BCUT2D eigenvalue weighted by molar-refractivity contribution is -0.160. The number of aliphatic carboxylic acids is 1. The Bertz CT molecular complexity index is 950. The van der Waals surface area contributed by atoms with Crippen molar-refractivity contribution in [3.8, 4) is 6.01 Å². The van der Waals surface area contributed by atoms with Gasteiger partial charge in [0.05, 0.1) is 0 Å². The van der Waals surface area contributed by atoms with Gasteiger partial charge in [0.15, 0.2) is 5.60 Å². The van der Waals surface area contributed by atoms with E-state index in [9.17, 15) is 14.3 Å². The molecule has 6 nitrogen and oxygen atoms in total. The third-order valence-corrected chi connectivity index (χ3v) is 4.39. The summed E-state index contributed by atoms with van der Waals surface area (Å²) in [6.07, 6.45) is -0.0574. The molecule has 0 radical (unpaired) electrons. The minimum absolute atomic E-state index is 0.0909. The largest absolute Gasteiger partial charge is 0.478 e. The first-order valence-corrected chi connectivity index (χ1v) is 8.53. The molecule has 0 unspecified atom stereocenters. The number of hydrogen-bond acceptors (Lipinski definition) is 5. The van der Waals surface area contributed by atoms with Crippen LogP contribution in [0.25, 0.3) is 0 Å². The maximum absolute atomic E-state index is 13.5. The van der Waals surface area contributed by atoms with E-state index in [4.69, 9.17) is 9.47 Å². The predicted molar refractivity (Wildman–Crippen MR) is 99.5 cm³/mol. The van der Waals surface area contributed by atoms with Gasteiger partial charge >= 0.3 is 12.0 Å². The third-order valence-electron chi connectivity index (χ3n) is 4.39. The van der Waals surface area contributed by atoms with E-state index in [0.29, 0.717) is 16.8 Å². The standard InChI is InChI=1S/C21H19FN2O4/c1-14-12-13-23-20(24-14)28-18(19(25)26)21(27-2,15-6-4-3-5-7-15)16-8-10-17(22)11-9-16/h3-13,18H,1-2H3,(H,25,26)/t18-,21+/m1/s1. The summed E-state index contributed by atoms with van der Waals surface area (Å²) in [5.41, 5.74) is 0.0129. The molecule has 7 heteroatoms. The van der Waals surface area contributed by atoms with Crippen LogP contribution in [-0.4, -0.2) is 34.3 Å². The highest BCUT2D eigenvalue weighted by Crippen LogP contribution is 2.38. The molecule has 0 saturated carbocycles. The molecule has 0 aliphatic heterocycles. The zero-order chi connectivity index (χ0) is 20.1. The smallest absolute Gasteiger partial charge is 0.348 e. The Morgan fingerprint density at radius 3 is 2.29 bits per heavy atom. The van der Waals surface area contributed by atoms with Gasteiger partial charge in [-0.25, -0.2) is 19.2 Å². The molecule has 2 aromatic carbocycles. The summed E-state index contributed by atoms with van der Waals surface area (Å²) in [6.45, 7) is 1.74. The van der Waals surface area contributed by atoms with Crippen LogP contribution in [-0.2, 0) is 15.1 Å². The fraction of sp³-hybridized carbons (Fsp3) is 0.190. The van der Waals surface area contributed by atoms with Crippen molar-refractivity contribution in [2.45, 2.75) is 18.6 Å². The quantitative estimate of drug-likeness (QED) is 0.675. The van der Waals surface area contributed by atoms with Crippen LogP contribution in [0.1, 0.15) is 16.8 Å². The molecule has 144 valence electrons. The monoisotopic (exact) mass is 382 g/mol. The van der Waals surface area contributed by atoms with Gasteiger partial charge < -0.3 is 14.6 Å². The van der Waals surface area contributed by atoms with Gasteiger partial charge in [0.2, 0.25) is 6.10 Å². The number of hydrogen-bond donors (Lipinski definition) is 1. The minimum atomic E-state index is -1.56. The van der Waals surface area contributed by atoms with E-state index in [1.165, 1.54) is 37.6 Å². The SMILES string of the molecule is CO[C@@](c1ccccc1)(c1ccc(F)cc1)[C@H](Oc1nccc(C)n1)C(=O)O. The highest BCUT2D eigenvalue weighted by atomic mass is 19.1. The van der Waals surface area contributed by atoms with Crippen molar-refractivity contribution in [3.05, 3.63) is 89.5 Å². The minimum Gasteiger partial charge on any atom is -0.478 e. The van der Waals surface area contributed by atoms with Crippen molar-refractivity contribution in [1.82, 2.24) is 9.97 Å². The molecule has 0 aliphatic rings. The van der Waals surface area contributed by atoms with Gasteiger partial charge in [0.1, 0.15) is 5.82 Å². The maximum Gasteiger partial charge on any atom is 0.348 e. The number of rotatable bonds is 7. The summed E-state index contributed by atoms with van der Waals surface area (Å²) < 4.78 is 25.0. The average molecular weight is 382 g/mol. The van der Waals surface area contributed by atoms with Gasteiger partial charge in [0.25, 0.3) is 0 Å². The van der Waals surface area contributed by atoms with Gasteiger partial charge in [-0.2, -0.15) is 0 Å². The zero-order valence-corrected chi connectivity index (χ0v) is 15.4. The summed E-state index contributed by atoms with van der Waals surface area (Å²) in [4.78, 5) is 20.4. The highest BCUT2D eigenvalue weighted by molar-refractivity contribution is 5.76. The number of ether oxygens (including phenoxy) is 2. The topological polar surface area (TPSA) is 81.5 Å². The first-order chi connectivity index (χ1) is 13.5. The number of benzene rings is 2. The average Bonchev–Trinajstić information content (AvgIpc) is 2.70. The van der Waals surface area contributed by atoms with E-state index in [1.54, 1.807) is 43.3 Å². The lowest BCUT2D eigenvalue weighted by Crippen LogP contribution is -2.50. The molecule has 0 bridgehead atoms. The van der Waals surface area contributed by atoms with E-state index >= 15 is 0 Å². The van der Waals surface area contributed by atoms with Crippen LogP contribution >= 0.6 is 0 Å². The lowest BCUT2D eigenvalue weighted by atomic mass is 9.81. The molecule has 3 aromatic rings. The molecule has 1 N–H and O–H groups in total. The van der Waals surface area contributed by atoms with Gasteiger partial charge in [-0.05, 0) is 36.2 Å². The van der Waals surface area contributed by atoms with Crippen molar-refractivity contribution in [1.29, 1.82) is 0 Å². The Balaban J connectivity index is 2.20. The van der Waals surface area contributed by atoms with Crippen LogP contribution in [0.15, 0.2) is 66.9 Å². The van der Waals surface area contributed by atoms with Crippen LogP contribution in [0.4, 0.5) is 4.39 Å². The van der Waals surface area contributed by atoms with E-state index < -0.39 is 23.5 Å². The molecule has 0 spiro atoms. The number of carboxylic acids is 1. The Labute approximate surface area is 161 Å².